The molecule has 0 radical (unpaired) electrons. The van der Waals surface area contributed by atoms with Crippen molar-refractivity contribution < 1.29 is 4.79 Å². The quantitative estimate of drug-likeness (QED) is 0.713. The fourth-order valence-corrected chi connectivity index (χ4v) is 4.78. The van der Waals surface area contributed by atoms with Gasteiger partial charge in [-0.15, -0.1) is 11.3 Å². The first-order valence-electron chi connectivity index (χ1n) is 9.53. The lowest BCUT2D eigenvalue weighted by molar-refractivity contribution is -0.117. The van der Waals surface area contributed by atoms with Crippen molar-refractivity contribution >= 4 is 33.1 Å². The van der Waals surface area contributed by atoms with Gasteiger partial charge in [0.2, 0.25) is 5.91 Å². The minimum absolute atomic E-state index is 0.0585. The second-order valence-electron chi connectivity index (χ2n) is 7.44. The molecule has 1 aromatic heterocycles. The molecule has 1 fully saturated rings. The zero-order valence-corrected chi connectivity index (χ0v) is 16.7. The fourth-order valence-electron chi connectivity index (χ4n) is 3.69. The molecule has 1 aliphatic rings. The van der Waals surface area contributed by atoms with Gasteiger partial charge in [0.1, 0.15) is 0 Å². The van der Waals surface area contributed by atoms with E-state index < -0.39 is 0 Å². The highest BCUT2D eigenvalue weighted by Gasteiger charge is 2.25. The van der Waals surface area contributed by atoms with Crippen LogP contribution in [0.3, 0.4) is 0 Å². The first-order valence-corrected chi connectivity index (χ1v) is 10.3. The molecule has 0 spiro atoms. The number of aryl methyl sites for hydroxylation is 2. The summed E-state index contributed by atoms with van der Waals surface area (Å²) in [5, 5.41) is 4.24. The Morgan fingerprint density at radius 1 is 1.22 bits per heavy atom. The lowest BCUT2D eigenvalue weighted by atomic mass is 9.99. The molecular weight excluding hydrogens is 354 g/mol. The zero-order chi connectivity index (χ0) is 18.8. The van der Waals surface area contributed by atoms with Crippen molar-refractivity contribution in [3.8, 4) is 0 Å². The maximum absolute atomic E-state index is 12.5. The van der Waals surface area contributed by atoms with E-state index in [-0.39, 0.29) is 5.91 Å². The number of hydrogen-bond acceptors (Lipinski definition) is 4. The van der Waals surface area contributed by atoms with Gasteiger partial charge in [-0.3, -0.25) is 9.69 Å². The summed E-state index contributed by atoms with van der Waals surface area (Å²) < 4.78 is 1.25. The predicted molar refractivity (Wildman–Crippen MR) is 113 cm³/mol. The van der Waals surface area contributed by atoms with Gasteiger partial charge in [0.05, 0.1) is 21.8 Å². The summed E-state index contributed by atoms with van der Waals surface area (Å²) in [4.78, 5) is 19.6. The Bertz CT molecular complexity index is 932. The number of thiazole rings is 1. The van der Waals surface area contributed by atoms with Crippen LogP contribution < -0.4 is 5.32 Å². The average molecular weight is 380 g/mol. The number of anilines is 1. The number of carbonyl (C=O) groups excluding carboxylic acids is 1. The van der Waals surface area contributed by atoms with E-state index >= 15 is 0 Å². The number of benzene rings is 2. The van der Waals surface area contributed by atoms with Crippen LogP contribution in [-0.4, -0.2) is 35.4 Å². The number of rotatable bonds is 4. The summed E-state index contributed by atoms with van der Waals surface area (Å²) in [6.45, 7) is 6.46. The van der Waals surface area contributed by atoms with Gasteiger partial charge < -0.3 is 5.32 Å². The molecule has 27 heavy (non-hydrogen) atoms. The summed E-state index contributed by atoms with van der Waals surface area (Å²) in [6.07, 6.45) is 2.26. The molecule has 5 heteroatoms. The van der Waals surface area contributed by atoms with E-state index in [2.05, 4.69) is 48.3 Å². The number of hydrogen-bond donors (Lipinski definition) is 1. The van der Waals surface area contributed by atoms with Crippen molar-refractivity contribution in [1.82, 2.24) is 9.88 Å². The third-order valence-corrected chi connectivity index (χ3v) is 6.52. The largest absolute Gasteiger partial charge is 0.325 e. The maximum atomic E-state index is 12.5. The number of para-hydroxylation sites is 1. The Hall–Kier alpha value is -2.24. The Morgan fingerprint density at radius 3 is 2.89 bits per heavy atom. The molecule has 1 atom stereocenters. The van der Waals surface area contributed by atoms with Crippen molar-refractivity contribution in [3.63, 3.8) is 0 Å². The molecule has 0 aliphatic carbocycles. The molecule has 4 rings (SSSR count). The van der Waals surface area contributed by atoms with E-state index in [9.17, 15) is 4.79 Å². The van der Waals surface area contributed by atoms with Crippen LogP contribution in [-0.2, 0) is 4.79 Å². The first kappa shape index (κ1) is 18.1. The van der Waals surface area contributed by atoms with Crippen LogP contribution in [0, 0.1) is 13.8 Å². The first-order chi connectivity index (χ1) is 13.1. The Balaban J connectivity index is 1.39. The van der Waals surface area contributed by atoms with Crippen LogP contribution >= 0.6 is 11.3 Å². The van der Waals surface area contributed by atoms with Gasteiger partial charge in [0.25, 0.3) is 0 Å². The third-order valence-electron chi connectivity index (χ3n) is 5.32. The Labute approximate surface area is 164 Å². The molecule has 3 aromatic rings. The Kier molecular flexibility index (Phi) is 5.23. The molecule has 0 saturated carbocycles. The van der Waals surface area contributed by atoms with Crippen LogP contribution in [0.15, 0.2) is 42.5 Å². The highest BCUT2D eigenvalue weighted by Crippen LogP contribution is 2.32. The summed E-state index contributed by atoms with van der Waals surface area (Å²) in [7, 11) is 0. The second kappa shape index (κ2) is 7.79. The van der Waals surface area contributed by atoms with Crippen molar-refractivity contribution in [3.05, 3.63) is 58.6 Å². The summed E-state index contributed by atoms with van der Waals surface area (Å²) in [5.74, 6) is 0.480. The van der Waals surface area contributed by atoms with Crippen molar-refractivity contribution in [2.45, 2.75) is 32.6 Å². The van der Waals surface area contributed by atoms with Gasteiger partial charge in [-0.1, -0.05) is 18.2 Å². The van der Waals surface area contributed by atoms with E-state index in [1.54, 1.807) is 11.3 Å². The van der Waals surface area contributed by atoms with Gasteiger partial charge in [-0.2, -0.15) is 0 Å². The minimum Gasteiger partial charge on any atom is -0.325 e. The normalized spacial score (nSPS) is 17.9. The van der Waals surface area contributed by atoms with Gasteiger partial charge in [-0.25, -0.2) is 4.98 Å². The van der Waals surface area contributed by atoms with Gasteiger partial charge in [0, 0.05) is 18.2 Å². The molecule has 0 unspecified atom stereocenters. The molecule has 1 saturated heterocycles. The SMILES string of the molecule is Cc1ccc(NC(=O)CN2CCC[C@@H](c3nc4ccccc4s3)C2)cc1C. The van der Waals surface area contributed by atoms with Crippen molar-refractivity contribution in [2.24, 2.45) is 0 Å². The van der Waals surface area contributed by atoms with Crippen LogP contribution in [0.5, 0.6) is 0 Å². The fraction of sp³-hybridized carbons (Fsp3) is 0.364. The van der Waals surface area contributed by atoms with E-state index in [1.807, 2.05) is 18.2 Å². The summed E-state index contributed by atoms with van der Waals surface area (Å²) >= 11 is 1.79. The number of carbonyl (C=O) groups is 1. The average Bonchev–Trinajstić information content (AvgIpc) is 3.09. The molecule has 1 amide bonds. The lowest BCUT2D eigenvalue weighted by Crippen LogP contribution is -2.39. The van der Waals surface area contributed by atoms with E-state index in [1.165, 1.54) is 20.8 Å². The molecule has 140 valence electrons. The van der Waals surface area contributed by atoms with Crippen LogP contribution in [0.25, 0.3) is 10.2 Å². The zero-order valence-electron chi connectivity index (χ0n) is 15.9. The molecule has 2 heterocycles. The predicted octanol–water partition coefficient (Wildman–Crippen LogP) is 4.73. The lowest BCUT2D eigenvalue weighted by Gasteiger charge is -2.31. The number of likely N-dealkylation sites (tertiary alicyclic amines) is 1. The van der Waals surface area contributed by atoms with Crippen LogP contribution in [0.4, 0.5) is 5.69 Å². The highest BCUT2D eigenvalue weighted by molar-refractivity contribution is 7.18. The molecular formula is C22H25N3OS. The number of nitrogens with one attached hydrogen (secondary N) is 1. The minimum atomic E-state index is 0.0585. The van der Waals surface area contributed by atoms with E-state index in [0.29, 0.717) is 12.5 Å². The summed E-state index contributed by atoms with van der Waals surface area (Å²) in [5.41, 5.74) is 4.40. The third kappa shape index (κ3) is 4.20. The molecule has 1 aliphatic heterocycles. The van der Waals surface area contributed by atoms with Gasteiger partial charge in [-0.05, 0) is 68.6 Å². The number of amides is 1. The molecule has 4 nitrogen and oxygen atoms in total. The number of nitrogens with zero attached hydrogens (tertiary/aromatic N) is 2. The monoisotopic (exact) mass is 379 g/mol. The van der Waals surface area contributed by atoms with E-state index in [0.717, 1.165) is 37.1 Å². The Morgan fingerprint density at radius 2 is 2.07 bits per heavy atom. The molecule has 2 aromatic carbocycles. The van der Waals surface area contributed by atoms with Crippen LogP contribution in [0.2, 0.25) is 0 Å². The molecule has 0 bridgehead atoms. The topological polar surface area (TPSA) is 45.2 Å². The standard InChI is InChI=1S/C22H25N3OS/c1-15-9-10-18(12-16(15)2)23-21(26)14-25-11-5-6-17(13-25)22-24-19-7-3-4-8-20(19)27-22/h3-4,7-10,12,17H,5-6,11,13-14H2,1-2H3,(H,23,26)/t17-/m1/s1. The maximum Gasteiger partial charge on any atom is 0.238 e. The van der Waals surface area contributed by atoms with Crippen molar-refractivity contribution in [1.29, 1.82) is 0 Å². The number of aromatic nitrogens is 1. The van der Waals surface area contributed by atoms with Gasteiger partial charge >= 0.3 is 0 Å². The molecule has 1 N–H and O–H groups in total. The van der Waals surface area contributed by atoms with Crippen molar-refractivity contribution in [2.75, 3.05) is 25.0 Å². The number of piperidine rings is 1. The second-order valence-corrected chi connectivity index (χ2v) is 8.50. The van der Waals surface area contributed by atoms with E-state index in [4.69, 9.17) is 4.98 Å². The highest BCUT2D eigenvalue weighted by atomic mass is 32.1. The summed E-state index contributed by atoms with van der Waals surface area (Å²) in [6, 6.07) is 14.4. The van der Waals surface area contributed by atoms with Crippen LogP contribution in [0.1, 0.15) is 34.9 Å². The van der Waals surface area contributed by atoms with Gasteiger partial charge in [0.15, 0.2) is 0 Å². The smallest absolute Gasteiger partial charge is 0.238 e. The number of fused-ring (bicyclic) bond motifs is 1.